The van der Waals surface area contributed by atoms with Crippen LogP contribution in [0.5, 0.6) is 0 Å². The molecule has 0 saturated carbocycles. The molecule has 0 N–H and O–H groups in total. The van der Waals surface area contributed by atoms with E-state index in [1.165, 1.54) is 32.1 Å². The molecule has 0 aliphatic carbocycles. The predicted molar refractivity (Wildman–Crippen MR) is 102 cm³/mol. The predicted octanol–water partition coefficient (Wildman–Crippen LogP) is 3.57. The van der Waals surface area contributed by atoms with Crippen molar-refractivity contribution in [1.29, 1.82) is 0 Å². The van der Waals surface area contributed by atoms with Crippen molar-refractivity contribution in [2.45, 2.75) is 89.8 Å². The van der Waals surface area contributed by atoms with Gasteiger partial charge in [-0.25, -0.2) is 16.8 Å². The maximum Gasteiger partial charge on any atom is 0.480 e. The second kappa shape index (κ2) is 12.7. The summed E-state index contributed by atoms with van der Waals surface area (Å²) in [6, 6.07) is 0. The van der Waals surface area contributed by atoms with Crippen molar-refractivity contribution in [2.24, 2.45) is 0 Å². The maximum atomic E-state index is 11.4. The average molecular weight is 520 g/mol. The second-order valence-electron chi connectivity index (χ2n) is 6.50. The van der Waals surface area contributed by atoms with Crippen LogP contribution < -0.4 is 4.68 Å². The lowest BCUT2D eigenvalue weighted by Gasteiger charge is -2.22. The summed E-state index contributed by atoms with van der Waals surface area (Å²) in [5.74, 6) is 1.15. The Morgan fingerprint density at radius 3 is 1.75 bits per heavy atom. The van der Waals surface area contributed by atoms with Crippen molar-refractivity contribution in [3.05, 3.63) is 9.95 Å². The summed E-state index contributed by atoms with van der Waals surface area (Å²) >= 11 is 0. The highest BCUT2D eigenvalue weighted by atomic mass is 32.3. The van der Waals surface area contributed by atoms with Crippen LogP contribution >= 0.6 is 0 Å². The van der Waals surface area contributed by atoms with E-state index < -0.39 is 31.1 Å². The Balaban J connectivity index is 0.000000607. The largest absolute Gasteiger partial charge is 0.480 e. The Labute approximate surface area is 183 Å². The first-order valence-corrected chi connectivity index (χ1v) is 12.6. The summed E-state index contributed by atoms with van der Waals surface area (Å²) in [6.07, 6.45) is 8.59. The van der Waals surface area contributed by atoms with Gasteiger partial charge in [0.05, 0.1) is 16.9 Å². The lowest BCUT2D eigenvalue weighted by atomic mass is 10.1. The minimum Gasteiger partial charge on any atom is -0.421 e. The Morgan fingerprint density at radius 1 is 0.844 bits per heavy atom. The molecule has 17 heteroatoms. The highest BCUT2D eigenvalue weighted by Crippen LogP contribution is 2.36. The third kappa shape index (κ3) is 9.97. The SMILES string of the molecule is CCCCCCc1nn(CCCC)n[n+]1CC.O=S(=O)([N-]S(=O)(=O)C(F)(F)F)C(F)(F)F. The fraction of sp³-hybridized carbons (Fsp3) is 0.933. The van der Waals surface area contributed by atoms with E-state index >= 15 is 0 Å². The van der Waals surface area contributed by atoms with Gasteiger partial charge in [-0.3, -0.25) is 0 Å². The molecular weight excluding hydrogens is 492 g/mol. The number of halogens is 6. The first-order chi connectivity index (χ1) is 14.5. The van der Waals surface area contributed by atoms with Crippen molar-refractivity contribution in [2.75, 3.05) is 0 Å². The van der Waals surface area contributed by atoms with Crippen LogP contribution in [0.2, 0.25) is 0 Å². The molecule has 190 valence electrons. The molecule has 9 nitrogen and oxygen atoms in total. The van der Waals surface area contributed by atoms with Gasteiger partial charge in [-0.05, 0) is 24.6 Å². The number of sulfonamides is 2. The molecule has 0 amide bonds. The summed E-state index contributed by atoms with van der Waals surface area (Å²) in [5.41, 5.74) is -12.4. The maximum absolute atomic E-state index is 11.4. The van der Waals surface area contributed by atoms with Gasteiger partial charge in [-0.2, -0.15) is 26.3 Å². The standard InChI is InChI=1S/C13H27N4.C2F6NO4S2/c1-4-7-9-10-11-13-14-17(12-8-5-2)15-16(13)6-3;3-1(4,5)14(10,11)9-15(12,13)2(6,7)8/h4-12H2,1-3H3;/q+1;-1. The first-order valence-electron chi connectivity index (χ1n) is 9.73. The minimum atomic E-state index is -6.72. The fourth-order valence-electron chi connectivity index (χ4n) is 2.12. The Hall–Kier alpha value is -1.49. The zero-order valence-electron chi connectivity index (χ0n) is 17.8. The van der Waals surface area contributed by atoms with E-state index in [0.29, 0.717) is 0 Å². The number of nitrogens with zero attached hydrogens (tertiary/aromatic N) is 5. The lowest BCUT2D eigenvalue weighted by molar-refractivity contribution is -0.759. The van der Waals surface area contributed by atoms with Crippen LogP contribution in [-0.2, 0) is 39.6 Å². The second-order valence-corrected chi connectivity index (χ2v) is 9.92. The van der Waals surface area contributed by atoms with E-state index in [2.05, 4.69) is 31.1 Å². The molecule has 0 bridgehead atoms. The summed E-state index contributed by atoms with van der Waals surface area (Å²) < 4.78 is 111. The van der Waals surface area contributed by atoms with Crippen LogP contribution in [0, 0.1) is 0 Å². The number of hydrogen-bond acceptors (Lipinski definition) is 6. The van der Waals surface area contributed by atoms with E-state index in [1.807, 2.05) is 9.48 Å². The normalized spacial score (nSPS) is 13.0. The summed E-state index contributed by atoms with van der Waals surface area (Å²) in [7, 11) is -13.4. The molecule has 0 aliphatic heterocycles. The van der Waals surface area contributed by atoms with Gasteiger partial charge in [0.1, 0.15) is 6.54 Å². The lowest BCUT2D eigenvalue weighted by Crippen LogP contribution is -2.39. The number of rotatable bonds is 11. The molecule has 0 saturated heterocycles. The van der Waals surface area contributed by atoms with Crippen LogP contribution in [0.4, 0.5) is 26.3 Å². The summed E-state index contributed by atoms with van der Waals surface area (Å²) in [5, 5.41) is 9.07. The first kappa shape index (κ1) is 30.5. The van der Waals surface area contributed by atoms with Gasteiger partial charge in [0.2, 0.25) is 0 Å². The quantitative estimate of drug-likeness (QED) is 0.251. The molecular formula is C15H27F6N5O4S2. The minimum absolute atomic E-state index is 0.778. The Morgan fingerprint density at radius 2 is 1.34 bits per heavy atom. The highest BCUT2D eigenvalue weighted by molar-refractivity contribution is 8.13. The molecule has 1 heterocycles. The molecule has 0 aromatic carbocycles. The van der Waals surface area contributed by atoms with Crippen LogP contribution in [0.3, 0.4) is 0 Å². The Bertz CT molecular complexity index is 856. The molecule has 0 spiro atoms. The van der Waals surface area contributed by atoms with Crippen molar-refractivity contribution in [3.8, 4) is 0 Å². The molecule has 1 aromatic rings. The molecule has 0 radical (unpaired) electrons. The topological polar surface area (TPSA) is 117 Å². The number of hydrogen-bond donors (Lipinski definition) is 0. The van der Waals surface area contributed by atoms with Crippen LogP contribution in [0.25, 0.3) is 4.13 Å². The molecule has 0 aliphatic rings. The van der Waals surface area contributed by atoms with Gasteiger partial charge in [-0.15, -0.1) is 4.68 Å². The molecule has 1 rings (SSSR count). The van der Waals surface area contributed by atoms with Gasteiger partial charge in [0, 0.05) is 6.42 Å². The molecule has 32 heavy (non-hydrogen) atoms. The molecule has 0 atom stereocenters. The third-order valence-electron chi connectivity index (χ3n) is 3.79. The molecule has 0 unspecified atom stereocenters. The third-order valence-corrected chi connectivity index (χ3v) is 6.53. The summed E-state index contributed by atoms with van der Waals surface area (Å²) in [6.45, 7) is 8.45. The van der Waals surface area contributed by atoms with Crippen LogP contribution in [0.1, 0.15) is 65.1 Å². The van der Waals surface area contributed by atoms with Crippen LogP contribution in [-0.4, -0.2) is 43.0 Å². The van der Waals surface area contributed by atoms with E-state index in [9.17, 15) is 43.2 Å². The van der Waals surface area contributed by atoms with Gasteiger partial charge in [0.15, 0.2) is 20.0 Å². The average Bonchev–Trinajstić information content (AvgIpc) is 3.03. The van der Waals surface area contributed by atoms with Gasteiger partial charge < -0.3 is 4.13 Å². The van der Waals surface area contributed by atoms with E-state index in [-0.39, 0.29) is 0 Å². The molecule has 1 aromatic heterocycles. The van der Waals surface area contributed by atoms with E-state index in [4.69, 9.17) is 0 Å². The van der Waals surface area contributed by atoms with Crippen molar-refractivity contribution in [3.63, 3.8) is 0 Å². The zero-order chi connectivity index (χ0) is 25.2. The molecule has 0 fully saturated rings. The Kier molecular flexibility index (Phi) is 12.1. The van der Waals surface area contributed by atoms with Gasteiger partial charge >= 0.3 is 11.0 Å². The fourth-order valence-corrected chi connectivity index (χ4v) is 3.83. The van der Waals surface area contributed by atoms with E-state index in [1.54, 1.807) is 0 Å². The zero-order valence-corrected chi connectivity index (χ0v) is 19.5. The van der Waals surface area contributed by atoms with Crippen molar-refractivity contribution < 1.29 is 47.9 Å². The number of unbranched alkanes of at least 4 members (excludes halogenated alkanes) is 4. The van der Waals surface area contributed by atoms with Gasteiger partial charge in [0.25, 0.3) is 5.82 Å². The summed E-state index contributed by atoms with van der Waals surface area (Å²) in [4.78, 5) is 1.86. The highest BCUT2D eigenvalue weighted by Gasteiger charge is 2.46. The number of aromatic nitrogens is 4. The van der Waals surface area contributed by atoms with Crippen molar-refractivity contribution in [1.82, 2.24) is 15.1 Å². The smallest absolute Gasteiger partial charge is 0.421 e. The number of aryl methyl sites for hydroxylation is 3. The van der Waals surface area contributed by atoms with E-state index in [0.717, 1.165) is 35.9 Å². The monoisotopic (exact) mass is 519 g/mol. The van der Waals surface area contributed by atoms with Crippen molar-refractivity contribution >= 4 is 20.0 Å². The van der Waals surface area contributed by atoms with Crippen LogP contribution in [0.15, 0.2) is 0 Å². The number of tetrazole rings is 1. The number of alkyl halides is 6. The van der Waals surface area contributed by atoms with Gasteiger partial charge in [-0.1, -0.05) is 39.5 Å².